The molecule has 0 fully saturated rings. The van der Waals surface area contributed by atoms with E-state index in [0.29, 0.717) is 0 Å². The minimum absolute atomic E-state index is 0.106. The van der Waals surface area contributed by atoms with Gasteiger partial charge in [-0.15, -0.1) is 11.8 Å². The van der Waals surface area contributed by atoms with E-state index in [2.05, 4.69) is 90.9 Å². The van der Waals surface area contributed by atoms with Gasteiger partial charge in [0.2, 0.25) is 0 Å². The molecule has 0 aliphatic heterocycles. The van der Waals surface area contributed by atoms with Crippen LogP contribution in [0.25, 0.3) is 0 Å². The average molecular weight is 431 g/mol. The van der Waals surface area contributed by atoms with Gasteiger partial charge in [-0.2, -0.15) is 0 Å². The summed E-state index contributed by atoms with van der Waals surface area (Å²) >= 11 is 3.72. The molecule has 0 unspecified atom stereocenters. The number of thioether (sulfide) groups is 1. The number of benzene rings is 2. The summed E-state index contributed by atoms with van der Waals surface area (Å²) in [4.78, 5) is 3.77. The second-order valence-corrected chi connectivity index (χ2v) is 11.9. The van der Waals surface area contributed by atoms with Crippen molar-refractivity contribution < 1.29 is 4.74 Å². The van der Waals surface area contributed by atoms with Crippen LogP contribution in [0.2, 0.25) is 0 Å². The predicted octanol–water partition coefficient (Wildman–Crippen LogP) is 8.84. The number of unbranched alkanes of at least 4 members (excludes halogenated alkanes) is 1. The molecule has 0 heterocycles. The van der Waals surface area contributed by atoms with Crippen molar-refractivity contribution in [3.8, 4) is 5.75 Å². The molecule has 0 amide bonds. The van der Waals surface area contributed by atoms with Crippen LogP contribution >= 0.6 is 23.5 Å². The molecule has 0 bridgehead atoms. The number of hydrogen-bond acceptors (Lipinski definition) is 3. The van der Waals surface area contributed by atoms with E-state index in [1.165, 1.54) is 20.2 Å². The van der Waals surface area contributed by atoms with E-state index < -0.39 is 0 Å². The molecule has 0 aromatic heterocycles. The lowest BCUT2D eigenvalue weighted by Crippen LogP contribution is -2.25. The molecule has 0 aliphatic rings. The summed E-state index contributed by atoms with van der Waals surface area (Å²) < 4.78 is 6.36. The molecule has 1 nitrogen and oxygen atoms in total. The van der Waals surface area contributed by atoms with E-state index in [1.54, 1.807) is 0 Å². The lowest BCUT2D eigenvalue weighted by atomic mass is 9.72. The summed E-state index contributed by atoms with van der Waals surface area (Å²) in [6.45, 7) is 17.0. The maximum Gasteiger partial charge on any atom is 0.146 e. The van der Waals surface area contributed by atoms with Crippen LogP contribution in [0.15, 0.2) is 57.2 Å². The SMILES string of the molecule is CCCCOc1c(SCC)cc(C(C)(C)CC(C)(C)C)cc1Sc1ccccc1. The van der Waals surface area contributed by atoms with Gasteiger partial charge in [0.05, 0.1) is 16.4 Å². The molecule has 0 aliphatic carbocycles. The number of ether oxygens (including phenoxy) is 1. The minimum Gasteiger partial charge on any atom is -0.491 e. The monoisotopic (exact) mass is 430 g/mol. The Labute approximate surface area is 187 Å². The Hall–Kier alpha value is -1.06. The highest BCUT2D eigenvalue weighted by molar-refractivity contribution is 8.00. The minimum atomic E-state index is 0.106. The van der Waals surface area contributed by atoms with Gasteiger partial charge in [-0.1, -0.05) is 84.8 Å². The molecule has 160 valence electrons. The number of rotatable bonds is 10. The zero-order valence-electron chi connectivity index (χ0n) is 19.3. The lowest BCUT2D eigenvalue weighted by molar-refractivity contribution is 0.280. The van der Waals surface area contributed by atoms with Crippen LogP contribution in [0.5, 0.6) is 5.75 Å². The molecule has 3 heteroatoms. The van der Waals surface area contributed by atoms with Crippen molar-refractivity contribution in [3.63, 3.8) is 0 Å². The lowest BCUT2D eigenvalue weighted by Gasteiger charge is -2.34. The van der Waals surface area contributed by atoms with Gasteiger partial charge in [-0.3, -0.25) is 0 Å². The average Bonchev–Trinajstić information content (AvgIpc) is 2.62. The van der Waals surface area contributed by atoms with Gasteiger partial charge in [-0.25, -0.2) is 0 Å². The third kappa shape index (κ3) is 7.61. The van der Waals surface area contributed by atoms with Crippen LogP contribution in [0.1, 0.15) is 73.3 Å². The molecule has 2 aromatic rings. The Morgan fingerprint density at radius 3 is 2.14 bits per heavy atom. The summed E-state index contributed by atoms with van der Waals surface area (Å²) in [5.74, 6) is 2.11. The molecule has 0 spiro atoms. The summed E-state index contributed by atoms with van der Waals surface area (Å²) in [5.41, 5.74) is 1.80. The fourth-order valence-electron chi connectivity index (χ4n) is 3.81. The van der Waals surface area contributed by atoms with Gasteiger partial charge in [0.15, 0.2) is 0 Å². The molecule has 29 heavy (non-hydrogen) atoms. The maximum absolute atomic E-state index is 6.36. The van der Waals surface area contributed by atoms with Gasteiger partial charge in [0.1, 0.15) is 5.75 Å². The van der Waals surface area contributed by atoms with E-state index in [4.69, 9.17) is 4.74 Å². The molecule has 0 saturated carbocycles. The van der Waals surface area contributed by atoms with E-state index in [0.717, 1.165) is 37.4 Å². The standard InChI is InChI=1S/C26H38OS2/c1-8-10-16-27-24-22(28-9-2)17-20(26(6,7)19-25(3,4)5)18-23(24)29-21-14-12-11-13-15-21/h11-15,17-18H,8-10,16,19H2,1-7H3. The molecular weight excluding hydrogens is 392 g/mol. The molecule has 0 atom stereocenters. The van der Waals surface area contributed by atoms with E-state index in [-0.39, 0.29) is 10.8 Å². The van der Waals surface area contributed by atoms with Crippen LogP contribution in [-0.2, 0) is 5.41 Å². The summed E-state index contributed by atoms with van der Waals surface area (Å²) in [5, 5.41) is 0. The zero-order chi connectivity index (χ0) is 21.5. The Kier molecular flexibility index (Phi) is 9.03. The first-order valence-corrected chi connectivity index (χ1v) is 12.6. The second kappa shape index (κ2) is 10.8. The van der Waals surface area contributed by atoms with E-state index >= 15 is 0 Å². The van der Waals surface area contributed by atoms with Crippen molar-refractivity contribution in [2.24, 2.45) is 5.41 Å². The van der Waals surface area contributed by atoms with Crippen LogP contribution in [0.3, 0.4) is 0 Å². The predicted molar refractivity (Wildman–Crippen MR) is 131 cm³/mol. The fraction of sp³-hybridized carbons (Fsp3) is 0.538. The summed E-state index contributed by atoms with van der Waals surface area (Å²) in [6, 6.07) is 15.4. The Morgan fingerprint density at radius 1 is 0.897 bits per heavy atom. The first-order valence-electron chi connectivity index (χ1n) is 10.8. The third-order valence-electron chi connectivity index (χ3n) is 4.79. The highest BCUT2D eigenvalue weighted by atomic mass is 32.2. The third-order valence-corrected chi connectivity index (χ3v) is 6.72. The first-order chi connectivity index (χ1) is 13.7. The highest BCUT2D eigenvalue weighted by Gasteiger charge is 2.29. The fourth-order valence-corrected chi connectivity index (χ4v) is 5.69. The van der Waals surface area contributed by atoms with Crippen molar-refractivity contribution in [2.75, 3.05) is 12.4 Å². The Bertz CT molecular complexity index is 760. The Morgan fingerprint density at radius 2 is 1.55 bits per heavy atom. The molecule has 2 rings (SSSR count). The Balaban J connectivity index is 2.53. The highest BCUT2D eigenvalue weighted by Crippen LogP contribution is 2.46. The quantitative estimate of drug-likeness (QED) is 0.275. The normalized spacial score (nSPS) is 12.2. The van der Waals surface area contributed by atoms with Crippen LogP contribution < -0.4 is 4.74 Å². The van der Waals surface area contributed by atoms with Crippen molar-refractivity contribution in [1.29, 1.82) is 0 Å². The molecular formula is C26H38OS2. The summed E-state index contributed by atoms with van der Waals surface area (Å²) in [6.07, 6.45) is 3.37. The van der Waals surface area contributed by atoms with E-state index in [1.807, 2.05) is 23.5 Å². The van der Waals surface area contributed by atoms with Crippen molar-refractivity contribution >= 4 is 23.5 Å². The molecule has 0 radical (unpaired) electrons. The number of hydrogen-bond donors (Lipinski definition) is 0. The van der Waals surface area contributed by atoms with Crippen LogP contribution in [0, 0.1) is 5.41 Å². The molecule has 2 aromatic carbocycles. The van der Waals surface area contributed by atoms with Crippen molar-refractivity contribution in [3.05, 3.63) is 48.0 Å². The maximum atomic E-state index is 6.36. The van der Waals surface area contributed by atoms with Gasteiger partial charge in [0, 0.05) is 4.90 Å². The van der Waals surface area contributed by atoms with Gasteiger partial charge in [-0.05, 0) is 59.3 Å². The smallest absolute Gasteiger partial charge is 0.146 e. The first kappa shape index (κ1) is 24.2. The van der Waals surface area contributed by atoms with Gasteiger partial charge in [0.25, 0.3) is 0 Å². The molecule has 0 N–H and O–H groups in total. The largest absolute Gasteiger partial charge is 0.491 e. The van der Waals surface area contributed by atoms with Crippen LogP contribution in [-0.4, -0.2) is 12.4 Å². The van der Waals surface area contributed by atoms with E-state index in [9.17, 15) is 0 Å². The van der Waals surface area contributed by atoms with Crippen molar-refractivity contribution in [1.82, 2.24) is 0 Å². The topological polar surface area (TPSA) is 9.23 Å². The summed E-state index contributed by atoms with van der Waals surface area (Å²) in [7, 11) is 0. The molecule has 0 saturated heterocycles. The van der Waals surface area contributed by atoms with Gasteiger partial charge >= 0.3 is 0 Å². The van der Waals surface area contributed by atoms with Crippen LogP contribution in [0.4, 0.5) is 0 Å². The zero-order valence-corrected chi connectivity index (χ0v) is 20.9. The second-order valence-electron chi connectivity index (χ2n) is 9.47. The van der Waals surface area contributed by atoms with Crippen molar-refractivity contribution in [2.45, 2.75) is 87.8 Å². The van der Waals surface area contributed by atoms with Gasteiger partial charge < -0.3 is 4.74 Å².